The van der Waals surface area contributed by atoms with Crippen LogP contribution in [-0.2, 0) is 6.61 Å². The van der Waals surface area contributed by atoms with E-state index in [2.05, 4.69) is 0 Å². The number of hydrogen-bond acceptors (Lipinski definition) is 3. The average Bonchev–Trinajstić information content (AvgIpc) is 2.45. The molecule has 0 aliphatic heterocycles. The molecule has 0 radical (unpaired) electrons. The third-order valence-electron chi connectivity index (χ3n) is 2.92. The first-order valence-electron chi connectivity index (χ1n) is 6.29. The summed E-state index contributed by atoms with van der Waals surface area (Å²) in [4.78, 5) is 10.9. The topological polar surface area (TPSA) is 66.8 Å². The number of ether oxygens (including phenoxy) is 1. The van der Waals surface area contributed by atoms with Crippen LogP contribution in [0.3, 0.4) is 0 Å². The van der Waals surface area contributed by atoms with E-state index in [4.69, 9.17) is 9.84 Å². The van der Waals surface area contributed by atoms with Crippen LogP contribution < -0.4 is 4.74 Å². The number of carboxylic acids is 1. The molecular formula is C16H16O4. The first-order chi connectivity index (χ1) is 9.56. The Hall–Kier alpha value is -2.33. The molecule has 20 heavy (non-hydrogen) atoms. The molecule has 0 aliphatic carbocycles. The van der Waals surface area contributed by atoms with Gasteiger partial charge in [-0.3, -0.25) is 0 Å². The Bertz CT molecular complexity index is 605. The molecule has 2 rings (SSSR count). The van der Waals surface area contributed by atoms with Gasteiger partial charge in [-0.2, -0.15) is 0 Å². The summed E-state index contributed by atoms with van der Waals surface area (Å²) < 4.78 is 5.61. The van der Waals surface area contributed by atoms with Gasteiger partial charge in [0.1, 0.15) is 12.4 Å². The molecule has 2 aromatic carbocycles. The Balaban J connectivity index is 2.07. The van der Waals surface area contributed by atoms with Crippen molar-refractivity contribution in [2.45, 2.75) is 19.6 Å². The third-order valence-corrected chi connectivity index (χ3v) is 2.92. The molecular weight excluding hydrogens is 256 g/mol. The van der Waals surface area contributed by atoms with Crippen LogP contribution in [0.25, 0.3) is 0 Å². The molecule has 1 unspecified atom stereocenters. The van der Waals surface area contributed by atoms with Crippen molar-refractivity contribution < 1.29 is 19.7 Å². The minimum absolute atomic E-state index is 0.240. The average molecular weight is 272 g/mol. The zero-order valence-corrected chi connectivity index (χ0v) is 11.1. The molecule has 0 heterocycles. The fourth-order valence-corrected chi connectivity index (χ4v) is 1.83. The number of rotatable bonds is 5. The summed E-state index contributed by atoms with van der Waals surface area (Å²) in [6.45, 7) is 1.97. The lowest BCUT2D eigenvalue weighted by Gasteiger charge is -2.10. The summed E-state index contributed by atoms with van der Waals surface area (Å²) in [7, 11) is 0. The van der Waals surface area contributed by atoms with Crippen molar-refractivity contribution in [3.63, 3.8) is 0 Å². The van der Waals surface area contributed by atoms with Crippen molar-refractivity contribution in [2.24, 2.45) is 0 Å². The largest absolute Gasteiger partial charge is 0.489 e. The van der Waals surface area contributed by atoms with E-state index in [1.54, 1.807) is 37.3 Å². The van der Waals surface area contributed by atoms with Crippen LogP contribution in [0.2, 0.25) is 0 Å². The van der Waals surface area contributed by atoms with E-state index in [1.165, 1.54) is 0 Å². The van der Waals surface area contributed by atoms with Crippen LogP contribution in [0.5, 0.6) is 5.75 Å². The van der Waals surface area contributed by atoms with Gasteiger partial charge in [0.05, 0.1) is 11.7 Å². The highest BCUT2D eigenvalue weighted by Gasteiger charge is 2.05. The molecule has 104 valence electrons. The number of aliphatic hydroxyl groups excluding tert-OH is 1. The number of aromatic carboxylic acids is 1. The predicted molar refractivity (Wildman–Crippen MR) is 74.8 cm³/mol. The highest BCUT2D eigenvalue weighted by atomic mass is 16.5. The van der Waals surface area contributed by atoms with E-state index in [0.717, 1.165) is 11.1 Å². The minimum Gasteiger partial charge on any atom is -0.489 e. The van der Waals surface area contributed by atoms with Gasteiger partial charge in [0.2, 0.25) is 0 Å². The maximum absolute atomic E-state index is 10.9. The maximum Gasteiger partial charge on any atom is 0.335 e. The lowest BCUT2D eigenvalue weighted by atomic mass is 10.1. The second-order valence-electron chi connectivity index (χ2n) is 4.54. The number of aliphatic hydroxyl groups is 1. The highest BCUT2D eigenvalue weighted by Crippen LogP contribution is 2.20. The Labute approximate surface area is 117 Å². The van der Waals surface area contributed by atoms with E-state index in [0.29, 0.717) is 5.75 Å². The van der Waals surface area contributed by atoms with Crippen molar-refractivity contribution in [3.8, 4) is 5.75 Å². The van der Waals surface area contributed by atoms with Crippen molar-refractivity contribution >= 4 is 5.97 Å². The fraction of sp³-hybridized carbons (Fsp3) is 0.188. The number of carbonyl (C=O) groups is 1. The van der Waals surface area contributed by atoms with Gasteiger partial charge in [-0.15, -0.1) is 0 Å². The van der Waals surface area contributed by atoms with Crippen molar-refractivity contribution in [3.05, 3.63) is 65.2 Å². The fourth-order valence-electron chi connectivity index (χ4n) is 1.83. The quantitative estimate of drug-likeness (QED) is 0.878. The smallest absolute Gasteiger partial charge is 0.335 e. The summed E-state index contributed by atoms with van der Waals surface area (Å²) in [6.07, 6.45) is -0.547. The Morgan fingerprint density at radius 2 is 1.95 bits per heavy atom. The standard InChI is InChI=1S/C16H16O4/c1-11(17)13-5-3-7-15(9-13)20-10-12-4-2-6-14(8-12)16(18)19/h2-9,11,17H,10H2,1H3,(H,18,19). The minimum atomic E-state index is -0.956. The van der Waals surface area contributed by atoms with Gasteiger partial charge in [0.25, 0.3) is 0 Å². The molecule has 0 spiro atoms. The lowest BCUT2D eigenvalue weighted by Crippen LogP contribution is -2.00. The molecule has 1 atom stereocenters. The SMILES string of the molecule is CC(O)c1cccc(OCc2cccc(C(=O)O)c2)c1. The molecule has 0 amide bonds. The number of carboxylic acid groups (broad SMARTS) is 1. The second-order valence-corrected chi connectivity index (χ2v) is 4.54. The summed E-state index contributed by atoms with van der Waals surface area (Å²) in [5.41, 5.74) is 1.80. The molecule has 0 aliphatic rings. The molecule has 0 bridgehead atoms. The number of hydrogen-bond donors (Lipinski definition) is 2. The van der Waals surface area contributed by atoms with E-state index in [-0.39, 0.29) is 12.2 Å². The second kappa shape index (κ2) is 6.21. The van der Waals surface area contributed by atoms with E-state index in [1.807, 2.05) is 18.2 Å². The first kappa shape index (κ1) is 14.1. The van der Waals surface area contributed by atoms with Crippen molar-refractivity contribution in [1.29, 1.82) is 0 Å². The van der Waals surface area contributed by atoms with Crippen LogP contribution in [0.1, 0.15) is 34.5 Å². The monoisotopic (exact) mass is 272 g/mol. The summed E-state index contributed by atoms with van der Waals surface area (Å²) >= 11 is 0. The summed E-state index contributed by atoms with van der Waals surface area (Å²) in [6, 6.07) is 13.8. The van der Waals surface area contributed by atoms with E-state index >= 15 is 0 Å². The highest BCUT2D eigenvalue weighted by molar-refractivity contribution is 5.87. The Morgan fingerprint density at radius 1 is 1.20 bits per heavy atom. The Morgan fingerprint density at radius 3 is 2.65 bits per heavy atom. The Kier molecular flexibility index (Phi) is 4.38. The molecule has 0 fully saturated rings. The van der Waals surface area contributed by atoms with E-state index < -0.39 is 12.1 Å². The zero-order chi connectivity index (χ0) is 14.5. The van der Waals surface area contributed by atoms with Crippen molar-refractivity contribution in [1.82, 2.24) is 0 Å². The van der Waals surface area contributed by atoms with Crippen LogP contribution in [0, 0.1) is 0 Å². The normalized spacial score (nSPS) is 11.9. The predicted octanol–water partition coefficient (Wildman–Crippen LogP) is 3.02. The summed E-state index contributed by atoms with van der Waals surface area (Å²) in [5.74, 6) is -0.313. The first-order valence-corrected chi connectivity index (χ1v) is 6.29. The van der Waals surface area contributed by atoms with Crippen LogP contribution >= 0.6 is 0 Å². The molecule has 2 aromatic rings. The molecule has 4 nitrogen and oxygen atoms in total. The molecule has 4 heteroatoms. The van der Waals surface area contributed by atoms with Gasteiger partial charge in [-0.25, -0.2) is 4.79 Å². The van der Waals surface area contributed by atoms with Gasteiger partial charge in [0.15, 0.2) is 0 Å². The molecule has 0 saturated heterocycles. The molecule has 2 N–H and O–H groups in total. The molecule has 0 aromatic heterocycles. The van der Waals surface area contributed by atoms with Crippen LogP contribution in [0.4, 0.5) is 0 Å². The van der Waals surface area contributed by atoms with Gasteiger partial charge in [0, 0.05) is 0 Å². The molecule has 0 saturated carbocycles. The third kappa shape index (κ3) is 3.59. The van der Waals surface area contributed by atoms with Gasteiger partial charge < -0.3 is 14.9 Å². The van der Waals surface area contributed by atoms with Crippen molar-refractivity contribution in [2.75, 3.05) is 0 Å². The van der Waals surface area contributed by atoms with E-state index in [9.17, 15) is 9.90 Å². The summed E-state index contributed by atoms with van der Waals surface area (Å²) in [5, 5.41) is 18.4. The van der Waals surface area contributed by atoms with Crippen LogP contribution in [0.15, 0.2) is 48.5 Å². The number of benzene rings is 2. The lowest BCUT2D eigenvalue weighted by molar-refractivity contribution is 0.0696. The van der Waals surface area contributed by atoms with Gasteiger partial charge in [-0.05, 0) is 42.3 Å². The maximum atomic E-state index is 10.9. The van der Waals surface area contributed by atoms with Gasteiger partial charge >= 0.3 is 5.97 Å². The van der Waals surface area contributed by atoms with Crippen LogP contribution in [-0.4, -0.2) is 16.2 Å². The zero-order valence-electron chi connectivity index (χ0n) is 11.1. The van der Waals surface area contributed by atoms with Gasteiger partial charge in [-0.1, -0.05) is 24.3 Å².